The zero-order valence-electron chi connectivity index (χ0n) is 34.1. The number of fused-ring (bicyclic) bond motifs is 6. The summed E-state index contributed by atoms with van der Waals surface area (Å²) >= 11 is 0. The number of nitrogens with zero attached hydrogens (tertiary/aromatic N) is 2. The van der Waals surface area contributed by atoms with Gasteiger partial charge in [-0.05, 0) is 116 Å². The molecule has 2 aliphatic rings. The summed E-state index contributed by atoms with van der Waals surface area (Å²) in [7, 11) is 0. The monoisotopic (exact) mass is 698 g/mol. The molecule has 0 saturated heterocycles. The van der Waals surface area contributed by atoms with Gasteiger partial charge in [0.25, 0.3) is 6.71 Å². The van der Waals surface area contributed by atoms with Crippen LogP contribution in [0.3, 0.4) is 0 Å². The minimum absolute atomic E-state index is 0.00164. The van der Waals surface area contributed by atoms with Gasteiger partial charge in [0.2, 0.25) is 5.88 Å². The van der Waals surface area contributed by atoms with Crippen LogP contribution in [0, 0.1) is 6.92 Å². The van der Waals surface area contributed by atoms with Crippen LogP contribution in [0.5, 0.6) is 0 Å². The fourth-order valence-corrected chi connectivity index (χ4v) is 8.35. The van der Waals surface area contributed by atoms with E-state index in [0.717, 1.165) is 17.2 Å². The van der Waals surface area contributed by atoms with Crippen molar-refractivity contribution >= 4 is 68.4 Å². The van der Waals surface area contributed by atoms with Gasteiger partial charge in [0.15, 0.2) is 0 Å². The molecule has 0 aliphatic carbocycles. The van der Waals surface area contributed by atoms with Gasteiger partial charge in [-0.25, -0.2) is 0 Å². The summed E-state index contributed by atoms with van der Waals surface area (Å²) in [5.41, 5.74) is 17.3. The molecular formula is C49H55BN2O. The lowest BCUT2D eigenvalue weighted by Crippen LogP contribution is -2.61. The largest absolute Gasteiger partial charge is 0.440 e. The van der Waals surface area contributed by atoms with Crippen molar-refractivity contribution in [3.8, 4) is 0 Å². The van der Waals surface area contributed by atoms with E-state index in [1.165, 1.54) is 72.3 Å². The normalized spacial score (nSPS) is 14.4. The summed E-state index contributed by atoms with van der Waals surface area (Å²) in [5.74, 6) is 0.916. The van der Waals surface area contributed by atoms with Crippen molar-refractivity contribution in [1.82, 2.24) is 0 Å². The van der Waals surface area contributed by atoms with Crippen molar-refractivity contribution in [2.75, 3.05) is 9.80 Å². The maximum absolute atomic E-state index is 7.17. The molecule has 270 valence electrons. The zero-order chi connectivity index (χ0) is 38.0. The van der Waals surface area contributed by atoms with Crippen LogP contribution in [0.15, 0.2) is 101 Å². The van der Waals surface area contributed by atoms with Crippen LogP contribution in [0.2, 0.25) is 0 Å². The fourth-order valence-electron chi connectivity index (χ4n) is 8.35. The molecule has 0 N–H and O–H groups in total. The van der Waals surface area contributed by atoms with E-state index in [9.17, 15) is 0 Å². The Balaban J connectivity index is 1.49. The first-order valence-corrected chi connectivity index (χ1v) is 19.4. The Hall–Kier alpha value is -4.70. The third kappa shape index (κ3) is 5.81. The van der Waals surface area contributed by atoms with Crippen molar-refractivity contribution in [3.05, 3.63) is 125 Å². The molecule has 1 aromatic heterocycles. The average molecular weight is 699 g/mol. The van der Waals surface area contributed by atoms with Crippen molar-refractivity contribution in [2.24, 2.45) is 0 Å². The summed E-state index contributed by atoms with van der Waals surface area (Å²) in [4.78, 5) is 4.94. The van der Waals surface area contributed by atoms with E-state index in [1.807, 2.05) is 0 Å². The molecule has 6 aromatic rings. The lowest BCUT2D eigenvalue weighted by molar-refractivity contribution is 0.584. The Morgan fingerprint density at radius 3 is 1.64 bits per heavy atom. The SMILES string of the molecule is Cc1cc2c3c(c1)N(c1ccc(C(C)(C)C)cc1)c1oc4cc(C(C)(C)C)ccc4c1B3c1cc(C(C)(C)C)ccc1N2c1cccc(C(C)(C)C)c1. The van der Waals surface area contributed by atoms with Crippen LogP contribution >= 0.6 is 0 Å². The van der Waals surface area contributed by atoms with E-state index in [-0.39, 0.29) is 28.4 Å². The molecule has 8 rings (SSSR count). The summed E-state index contributed by atoms with van der Waals surface area (Å²) in [5, 5.41) is 1.18. The van der Waals surface area contributed by atoms with Gasteiger partial charge < -0.3 is 9.32 Å². The van der Waals surface area contributed by atoms with Crippen LogP contribution in [-0.4, -0.2) is 6.71 Å². The number of benzene rings is 5. The predicted molar refractivity (Wildman–Crippen MR) is 230 cm³/mol. The topological polar surface area (TPSA) is 19.6 Å². The molecule has 0 atom stereocenters. The molecular weight excluding hydrogens is 643 g/mol. The van der Waals surface area contributed by atoms with Crippen LogP contribution in [0.25, 0.3) is 11.0 Å². The molecule has 4 heteroatoms. The van der Waals surface area contributed by atoms with Crippen LogP contribution < -0.4 is 26.2 Å². The quantitative estimate of drug-likeness (QED) is 0.168. The van der Waals surface area contributed by atoms with E-state index in [4.69, 9.17) is 4.42 Å². The van der Waals surface area contributed by atoms with Crippen molar-refractivity contribution in [1.29, 1.82) is 0 Å². The highest BCUT2D eigenvalue weighted by Gasteiger charge is 2.47. The first-order valence-electron chi connectivity index (χ1n) is 19.4. The van der Waals surface area contributed by atoms with Crippen LogP contribution in [-0.2, 0) is 21.7 Å². The molecule has 5 aromatic carbocycles. The maximum atomic E-state index is 7.17. The highest BCUT2D eigenvalue weighted by Crippen LogP contribution is 2.47. The molecule has 0 amide bonds. The van der Waals surface area contributed by atoms with Gasteiger partial charge in [0.1, 0.15) is 5.58 Å². The average Bonchev–Trinajstić information content (AvgIpc) is 3.44. The van der Waals surface area contributed by atoms with Crippen molar-refractivity contribution in [3.63, 3.8) is 0 Å². The second kappa shape index (κ2) is 11.7. The van der Waals surface area contributed by atoms with Gasteiger partial charge in [0, 0.05) is 39.3 Å². The number of anilines is 6. The summed E-state index contributed by atoms with van der Waals surface area (Å²) in [6, 6.07) is 37.2. The number of hydrogen-bond acceptors (Lipinski definition) is 3. The second-order valence-electron chi connectivity index (χ2n) is 19.7. The van der Waals surface area contributed by atoms with Gasteiger partial charge in [-0.1, -0.05) is 132 Å². The first-order chi connectivity index (χ1) is 24.7. The first kappa shape index (κ1) is 35.3. The van der Waals surface area contributed by atoms with Gasteiger partial charge >= 0.3 is 0 Å². The van der Waals surface area contributed by atoms with Gasteiger partial charge in [-0.2, -0.15) is 0 Å². The highest BCUT2D eigenvalue weighted by atomic mass is 16.4. The molecule has 3 nitrogen and oxygen atoms in total. The second-order valence-corrected chi connectivity index (χ2v) is 19.7. The summed E-state index contributed by atoms with van der Waals surface area (Å²) in [6.07, 6.45) is 0. The van der Waals surface area contributed by atoms with Crippen molar-refractivity contribution < 1.29 is 4.42 Å². The van der Waals surface area contributed by atoms with E-state index in [0.29, 0.717) is 0 Å². The number of aryl methyl sites for hydroxylation is 1. The number of rotatable bonds is 2. The minimum atomic E-state index is -0.0131. The summed E-state index contributed by atoms with van der Waals surface area (Å²) in [6.45, 7) is 29.8. The van der Waals surface area contributed by atoms with Gasteiger partial charge in [-0.15, -0.1) is 0 Å². The number of hydrogen-bond donors (Lipinski definition) is 0. The lowest BCUT2D eigenvalue weighted by Gasteiger charge is -2.43. The third-order valence-electron chi connectivity index (χ3n) is 11.5. The molecule has 3 heterocycles. The van der Waals surface area contributed by atoms with Gasteiger partial charge in [-0.3, -0.25) is 4.90 Å². The Morgan fingerprint density at radius 1 is 0.472 bits per heavy atom. The molecule has 0 saturated carbocycles. The highest BCUT2D eigenvalue weighted by molar-refractivity contribution is 7.01. The van der Waals surface area contributed by atoms with E-state index in [1.54, 1.807) is 0 Å². The Morgan fingerprint density at radius 2 is 1.02 bits per heavy atom. The Bertz CT molecular complexity index is 2400. The predicted octanol–water partition coefficient (Wildman–Crippen LogP) is 12.0. The number of furan rings is 1. The third-order valence-corrected chi connectivity index (χ3v) is 11.5. The van der Waals surface area contributed by atoms with E-state index in [2.05, 4.69) is 197 Å². The Kier molecular flexibility index (Phi) is 7.77. The zero-order valence-corrected chi connectivity index (χ0v) is 34.1. The molecule has 0 unspecified atom stereocenters. The molecule has 0 spiro atoms. The van der Waals surface area contributed by atoms with E-state index >= 15 is 0 Å². The Labute approximate surface area is 318 Å². The van der Waals surface area contributed by atoms with E-state index < -0.39 is 0 Å². The molecule has 0 fully saturated rings. The molecule has 0 bridgehead atoms. The van der Waals surface area contributed by atoms with Crippen molar-refractivity contribution in [2.45, 2.75) is 112 Å². The summed E-state index contributed by atoms with van der Waals surface area (Å²) < 4.78 is 7.17. The van der Waals surface area contributed by atoms with Gasteiger partial charge in [0.05, 0.1) is 0 Å². The fraction of sp³-hybridized carbons (Fsp3) is 0.347. The minimum Gasteiger partial charge on any atom is -0.440 e. The van der Waals surface area contributed by atoms with Crippen LogP contribution in [0.4, 0.5) is 34.3 Å². The smallest absolute Gasteiger partial charge is 0.257 e. The maximum Gasteiger partial charge on any atom is 0.257 e. The lowest BCUT2D eigenvalue weighted by atomic mass is 9.33. The molecule has 53 heavy (non-hydrogen) atoms. The molecule has 0 radical (unpaired) electrons. The van der Waals surface area contributed by atoms with Crippen LogP contribution in [0.1, 0.15) is 111 Å². The standard InChI is InChI=1S/C49H55BN2O/c1-30-25-40-44-41(26-30)52(35-21-17-31(18-22-35)46(2,3)4)45-43(37-23-19-34(49(11,12)13)29-42(37)53-45)50(44)38-28-33(48(8,9)10)20-24-39(38)51(40)36-16-14-15-32(27-36)47(5,6)7/h14-29H,1-13H3. The molecule has 2 aliphatic heterocycles.